The van der Waals surface area contributed by atoms with E-state index in [0.29, 0.717) is 5.92 Å². The lowest BCUT2D eigenvalue weighted by Crippen LogP contribution is -2.24. The van der Waals surface area contributed by atoms with E-state index >= 15 is 0 Å². The molecule has 0 bridgehead atoms. The van der Waals surface area contributed by atoms with Crippen LogP contribution in [0.4, 0.5) is 0 Å². The van der Waals surface area contributed by atoms with Gasteiger partial charge in [-0.25, -0.2) is 0 Å². The van der Waals surface area contributed by atoms with Crippen molar-refractivity contribution in [2.75, 3.05) is 0 Å². The number of fused-ring (bicyclic) bond motifs is 3. The van der Waals surface area contributed by atoms with Crippen LogP contribution >= 0.6 is 0 Å². The second-order valence-electron chi connectivity index (χ2n) is 8.23. The highest BCUT2D eigenvalue weighted by molar-refractivity contribution is 6.04. The van der Waals surface area contributed by atoms with Crippen LogP contribution in [0.15, 0.2) is 55.0 Å². The van der Waals surface area contributed by atoms with Crippen LogP contribution in [0, 0.1) is 0 Å². The molecule has 0 aliphatic heterocycles. The summed E-state index contributed by atoms with van der Waals surface area (Å²) < 4.78 is 0. The number of nitrogens with zero attached hydrogens (tertiary/aromatic N) is 2. The van der Waals surface area contributed by atoms with Gasteiger partial charge in [0.15, 0.2) is 0 Å². The first-order valence-corrected chi connectivity index (χ1v) is 9.28. The van der Waals surface area contributed by atoms with Crippen LogP contribution < -0.4 is 0 Å². The molecule has 2 nitrogen and oxygen atoms in total. The molecular formula is C24H22N2. The Morgan fingerprint density at radius 3 is 2.46 bits per heavy atom. The molecule has 128 valence electrons. The molecule has 0 spiro atoms. The van der Waals surface area contributed by atoms with Crippen LogP contribution in [0.2, 0.25) is 0 Å². The van der Waals surface area contributed by atoms with Crippen LogP contribution in [-0.2, 0) is 5.41 Å². The minimum Gasteiger partial charge on any atom is -0.264 e. The van der Waals surface area contributed by atoms with Gasteiger partial charge in [-0.3, -0.25) is 9.97 Å². The number of pyridine rings is 2. The molecule has 0 amide bonds. The van der Waals surface area contributed by atoms with Gasteiger partial charge in [0.1, 0.15) is 0 Å². The first-order chi connectivity index (χ1) is 12.5. The van der Waals surface area contributed by atoms with Crippen LogP contribution in [0.5, 0.6) is 0 Å². The second-order valence-corrected chi connectivity index (χ2v) is 8.23. The van der Waals surface area contributed by atoms with E-state index in [1.165, 1.54) is 43.8 Å². The Kier molecular flexibility index (Phi) is 3.06. The van der Waals surface area contributed by atoms with E-state index in [4.69, 9.17) is 4.98 Å². The fraction of sp³-hybridized carbons (Fsp3) is 0.250. The predicted octanol–water partition coefficient (Wildman–Crippen LogP) is 6.21. The van der Waals surface area contributed by atoms with Gasteiger partial charge in [-0.1, -0.05) is 39.8 Å². The largest absolute Gasteiger partial charge is 0.264 e. The Morgan fingerprint density at radius 1 is 0.846 bits per heavy atom. The van der Waals surface area contributed by atoms with Gasteiger partial charge in [-0.2, -0.15) is 0 Å². The first kappa shape index (κ1) is 15.5. The number of rotatable bonds is 1. The molecule has 0 radical (unpaired) electrons. The van der Waals surface area contributed by atoms with Crippen molar-refractivity contribution in [3.63, 3.8) is 0 Å². The monoisotopic (exact) mass is 338 g/mol. The normalized spacial score (nSPS) is 14.8. The maximum absolute atomic E-state index is 4.81. The quantitative estimate of drug-likeness (QED) is 0.412. The number of hydrogen-bond donors (Lipinski definition) is 0. The summed E-state index contributed by atoms with van der Waals surface area (Å²) in [7, 11) is 0. The number of aromatic nitrogens is 2. The average molecular weight is 338 g/mol. The van der Waals surface area contributed by atoms with Gasteiger partial charge in [-0.05, 0) is 57.6 Å². The van der Waals surface area contributed by atoms with Crippen molar-refractivity contribution in [2.45, 2.75) is 39.0 Å². The summed E-state index contributed by atoms with van der Waals surface area (Å²) in [6.07, 6.45) is 5.77. The molecule has 2 aromatic carbocycles. The van der Waals surface area contributed by atoms with Gasteiger partial charge in [0.25, 0.3) is 0 Å². The number of hydrogen-bond acceptors (Lipinski definition) is 2. The highest BCUT2D eigenvalue weighted by Crippen LogP contribution is 2.49. The molecule has 2 heteroatoms. The molecule has 1 aliphatic carbocycles. The summed E-state index contributed by atoms with van der Waals surface area (Å²) in [5.41, 5.74) is 6.41. The highest BCUT2D eigenvalue weighted by Gasteiger charge is 2.34. The SMILES string of the molecule is CC(C)c1cc2c3c(nccc3c1)-c1cc3ccncc3cc1C2(C)C. The Labute approximate surface area is 153 Å². The van der Waals surface area contributed by atoms with Crippen molar-refractivity contribution in [3.05, 3.63) is 71.7 Å². The zero-order chi connectivity index (χ0) is 18.1. The van der Waals surface area contributed by atoms with E-state index in [1.807, 2.05) is 18.6 Å². The minimum absolute atomic E-state index is 0.0709. The standard InChI is InChI=1S/C24H22N2/c1-14(2)17-9-16-6-8-26-23-19-10-15-5-7-25-13-18(15)12-20(19)24(3,4)21(11-17)22(16)23/h5-14H,1-4H3. The average Bonchev–Trinajstić information content (AvgIpc) is 2.64. The molecule has 0 saturated heterocycles. The van der Waals surface area contributed by atoms with Gasteiger partial charge in [-0.15, -0.1) is 0 Å². The molecule has 0 unspecified atom stereocenters. The third-order valence-electron chi connectivity index (χ3n) is 5.93. The maximum atomic E-state index is 4.81. The van der Waals surface area contributed by atoms with Gasteiger partial charge >= 0.3 is 0 Å². The molecular weight excluding hydrogens is 316 g/mol. The third-order valence-corrected chi connectivity index (χ3v) is 5.93. The smallest absolute Gasteiger partial charge is 0.0786 e. The molecule has 0 saturated carbocycles. The van der Waals surface area contributed by atoms with E-state index < -0.39 is 0 Å². The molecule has 0 fully saturated rings. The van der Waals surface area contributed by atoms with Gasteiger partial charge in [0, 0.05) is 40.3 Å². The molecule has 0 N–H and O–H groups in total. The zero-order valence-corrected chi connectivity index (χ0v) is 15.7. The molecule has 2 heterocycles. The summed E-state index contributed by atoms with van der Waals surface area (Å²) in [5.74, 6) is 0.505. The van der Waals surface area contributed by atoms with Crippen molar-refractivity contribution in [2.24, 2.45) is 0 Å². The van der Waals surface area contributed by atoms with E-state index in [2.05, 4.69) is 69.1 Å². The van der Waals surface area contributed by atoms with Crippen LogP contribution in [0.3, 0.4) is 0 Å². The Balaban J connectivity index is 1.97. The zero-order valence-electron chi connectivity index (χ0n) is 15.7. The van der Waals surface area contributed by atoms with Crippen molar-refractivity contribution in [1.29, 1.82) is 0 Å². The summed E-state index contributed by atoms with van der Waals surface area (Å²) in [6.45, 7) is 9.20. The molecule has 1 aliphatic rings. The predicted molar refractivity (Wildman–Crippen MR) is 109 cm³/mol. The molecule has 4 aromatic rings. The summed E-state index contributed by atoms with van der Waals surface area (Å²) in [4.78, 5) is 9.12. The Bertz CT molecular complexity index is 1190. The van der Waals surface area contributed by atoms with Crippen LogP contribution in [0.1, 0.15) is 50.3 Å². The Morgan fingerprint density at radius 2 is 1.65 bits per heavy atom. The summed E-state index contributed by atoms with van der Waals surface area (Å²) in [6, 6.07) is 13.6. The second kappa shape index (κ2) is 5.14. The van der Waals surface area contributed by atoms with E-state index in [1.54, 1.807) is 0 Å². The van der Waals surface area contributed by atoms with Crippen LogP contribution in [0.25, 0.3) is 32.8 Å². The molecule has 26 heavy (non-hydrogen) atoms. The molecule has 2 aromatic heterocycles. The van der Waals surface area contributed by atoms with Gasteiger partial charge in [0.05, 0.1) is 5.69 Å². The minimum atomic E-state index is -0.0709. The van der Waals surface area contributed by atoms with Crippen LogP contribution in [-0.4, -0.2) is 9.97 Å². The van der Waals surface area contributed by atoms with E-state index in [0.717, 1.165) is 5.69 Å². The fourth-order valence-corrected chi connectivity index (χ4v) is 4.36. The van der Waals surface area contributed by atoms with Gasteiger partial charge in [0.2, 0.25) is 0 Å². The highest BCUT2D eigenvalue weighted by atomic mass is 14.7. The van der Waals surface area contributed by atoms with Crippen molar-refractivity contribution < 1.29 is 0 Å². The van der Waals surface area contributed by atoms with E-state index in [-0.39, 0.29) is 5.41 Å². The fourth-order valence-electron chi connectivity index (χ4n) is 4.36. The number of benzene rings is 2. The lowest BCUT2D eigenvalue weighted by atomic mass is 9.68. The van der Waals surface area contributed by atoms with Crippen molar-refractivity contribution in [1.82, 2.24) is 9.97 Å². The maximum Gasteiger partial charge on any atom is 0.0786 e. The van der Waals surface area contributed by atoms with E-state index in [9.17, 15) is 0 Å². The first-order valence-electron chi connectivity index (χ1n) is 9.28. The molecule has 0 atom stereocenters. The van der Waals surface area contributed by atoms with Crippen molar-refractivity contribution >= 4 is 21.5 Å². The summed E-state index contributed by atoms with van der Waals surface area (Å²) >= 11 is 0. The molecule has 5 rings (SSSR count). The van der Waals surface area contributed by atoms with Gasteiger partial charge < -0.3 is 0 Å². The lowest BCUT2D eigenvalue weighted by Gasteiger charge is -2.35. The topological polar surface area (TPSA) is 25.8 Å². The van der Waals surface area contributed by atoms with Crippen molar-refractivity contribution in [3.8, 4) is 11.3 Å². The third kappa shape index (κ3) is 1.99. The Hall–Kier alpha value is -2.74. The summed E-state index contributed by atoms with van der Waals surface area (Å²) in [5, 5.41) is 5.01. The lowest BCUT2D eigenvalue weighted by molar-refractivity contribution is 0.643.